The van der Waals surface area contributed by atoms with E-state index in [4.69, 9.17) is 20.3 Å². The zero-order valence-electron chi connectivity index (χ0n) is 9.11. The monoisotopic (exact) mass is 206 g/mol. The minimum atomic E-state index is 0.0443. The van der Waals surface area contributed by atoms with Crippen LogP contribution >= 0.6 is 0 Å². The van der Waals surface area contributed by atoms with E-state index in [-0.39, 0.29) is 12.6 Å². The van der Waals surface area contributed by atoms with E-state index in [2.05, 4.69) is 4.90 Å². The van der Waals surface area contributed by atoms with E-state index in [9.17, 15) is 0 Å². The first-order chi connectivity index (χ1) is 6.70. The molecule has 5 heteroatoms. The summed E-state index contributed by atoms with van der Waals surface area (Å²) < 4.78 is 10.1. The van der Waals surface area contributed by atoms with Gasteiger partial charge in [0.25, 0.3) is 0 Å². The molecule has 5 nitrogen and oxygen atoms in total. The molecule has 0 aromatic carbocycles. The van der Waals surface area contributed by atoms with E-state index in [0.29, 0.717) is 19.8 Å². The van der Waals surface area contributed by atoms with Crippen LogP contribution in [0.15, 0.2) is 0 Å². The van der Waals surface area contributed by atoms with E-state index < -0.39 is 0 Å². The van der Waals surface area contributed by atoms with Crippen molar-refractivity contribution in [3.63, 3.8) is 0 Å². The minimum absolute atomic E-state index is 0.0443. The molecule has 1 unspecified atom stereocenters. The summed E-state index contributed by atoms with van der Waals surface area (Å²) in [6.45, 7) is 3.28. The molecule has 3 N–H and O–H groups in total. The first-order valence-corrected chi connectivity index (χ1v) is 4.82. The van der Waals surface area contributed by atoms with Crippen molar-refractivity contribution < 1.29 is 14.6 Å². The second-order valence-electron chi connectivity index (χ2n) is 3.31. The van der Waals surface area contributed by atoms with Gasteiger partial charge in [-0.25, -0.2) is 0 Å². The summed E-state index contributed by atoms with van der Waals surface area (Å²) in [6, 6.07) is 0.0443. The van der Waals surface area contributed by atoms with Gasteiger partial charge >= 0.3 is 0 Å². The van der Waals surface area contributed by atoms with Crippen LogP contribution in [-0.2, 0) is 9.47 Å². The molecule has 86 valence electrons. The lowest BCUT2D eigenvalue weighted by molar-refractivity contribution is 0.0748. The molecule has 0 aromatic rings. The average Bonchev–Trinajstić information content (AvgIpc) is 2.13. The van der Waals surface area contributed by atoms with Crippen molar-refractivity contribution >= 4 is 0 Å². The van der Waals surface area contributed by atoms with Gasteiger partial charge in [-0.2, -0.15) is 0 Å². The predicted octanol–water partition coefficient (Wildman–Crippen LogP) is -1.10. The van der Waals surface area contributed by atoms with E-state index in [1.165, 1.54) is 0 Å². The van der Waals surface area contributed by atoms with Crippen LogP contribution in [0, 0.1) is 0 Å². The first-order valence-electron chi connectivity index (χ1n) is 4.82. The molecular weight excluding hydrogens is 184 g/mol. The largest absolute Gasteiger partial charge is 0.394 e. The number of ether oxygens (including phenoxy) is 2. The van der Waals surface area contributed by atoms with Crippen LogP contribution in [0.3, 0.4) is 0 Å². The maximum Gasteiger partial charge on any atom is 0.0698 e. The van der Waals surface area contributed by atoms with Crippen molar-refractivity contribution in [2.45, 2.75) is 6.04 Å². The van der Waals surface area contributed by atoms with Crippen molar-refractivity contribution in [3.8, 4) is 0 Å². The van der Waals surface area contributed by atoms with Gasteiger partial charge in [0.1, 0.15) is 0 Å². The molecule has 0 amide bonds. The van der Waals surface area contributed by atoms with Crippen LogP contribution in [0.1, 0.15) is 0 Å². The average molecular weight is 206 g/mol. The van der Waals surface area contributed by atoms with E-state index in [1.54, 1.807) is 7.11 Å². The molecule has 0 radical (unpaired) electrons. The smallest absolute Gasteiger partial charge is 0.0698 e. The number of aliphatic hydroxyl groups excluding tert-OH is 1. The molecule has 0 fully saturated rings. The Labute approximate surface area is 85.8 Å². The summed E-state index contributed by atoms with van der Waals surface area (Å²) in [7, 11) is 3.63. The van der Waals surface area contributed by atoms with Crippen molar-refractivity contribution in [3.05, 3.63) is 0 Å². The third-order valence-electron chi connectivity index (χ3n) is 1.78. The highest BCUT2D eigenvalue weighted by molar-refractivity contribution is 4.64. The molecule has 0 heterocycles. The minimum Gasteiger partial charge on any atom is -0.394 e. The Kier molecular flexibility index (Phi) is 9.23. The zero-order chi connectivity index (χ0) is 10.8. The van der Waals surface area contributed by atoms with Crippen LogP contribution in [0.5, 0.6) is 0 Å². The lowest BCUT2D eigenvalue weighted by Gasteiger charge is -2.20. The fourth-order valence-corrected chi connectivity index (χ4v) is 1.15. The van der Waals surface area contributed by atoms with E-state index in [1.807, 2.05) is 7.05 Å². The Bertz CT molecular complexity index is 125. The van der Waals surface area contributed by atoms with Gasteiger partial charge in [-0.15, -0.1) is 0 Å². The molecule has 0 spiro atoms. The molecule has 1 atom stereocenters. The summed E-state index contributed by atoms with van der Waals surface area (Å²) in [6.07, 6.45) is 0. The highest BCUT2D eigenvalue weighted by atomic mass is 16.5. The van der Waals surface area contributed by atoms with Gasteiger partial charge in [0.2, 0.25) is 0 Å². The second kappa shape index (κ2) is 9.36. The standard InChI is InChI=1S/C9H22N2O3/c1-11(3-5-14-6-4-12)7-9(10)8-13-2/h9,12H,3-8,10H2,1-2H3. The van der Waals surface area contributed by atoms with E-state index in [0.717, 1.165) is 13.1 Å². The maximum absolute atomic E-state index is 8.47. The molecule has 0 aromatic heterocycles. The van der Waals surface area contributed by atoms with Gasteiger partial charge in [0.05, 0.1) is 26.4 Å². The van der Waals surface area contributed by atoms with Gasteiger partial charge in [0.15, 0.2) is 0 Å². The van der Waals surface area contributed by atoms with Gasteiger partial charge in [-0.05, 0) is 7.05 Å². The van der Waals surface area contributed by atoms with Crippen molar-refractivity contribution in [1.82, 2.24) is 4.90 Å². The lowest BCUT2D eigenvalue weighted by atomic mass is 10.3. The van der Waals surface area contributed by atoms with Crippen LogP contribution in [0.25, 0.3) is 0 Å². The Balaban J connectivity index is 3.30. The predicted molar refractivity (Wildman–Crippen MR) is 55.3 cm³/mol. The Morgan fingerprint density at radius 2 is 2.14 bits per heavy atom. The first kappa shape index (κ1) is 13.8. The SMILES string of the molecule is COCC(N)CN(C)CCOCCO. The van der Waals surface area contributed by atoms with Crippen LogP contribution < -0.4 is 5.73 Å². The fraction of sp³-hybridized carbons (Fsp3) is 1.00. The summed E-state index contributed by atoms with van der Waals surface area (Å²) >= 11 is 0. The van der Waals surface area contributed by atoms with Crippen molar-refractivity contribution in [2.24, 2.45) is 5.73 Å². The molecule has 0 aliphatic carbocycles. The highest BCUT2D eigenvalue weighted by Gasteiger charge is 2.05. The summed E-state index contributed by atoms with van der Waals surface area (Å²) in [4.78, 5) is 2.08. The van der Waals surface area contributed by atoms with Gasteiger partial charge in [0, 0.05) is 26.2 Å². The molecule has 0 bridgehead atoms. The van der Waals surface area contributed by atoms with Gasteiger partial charge in [-0.3, -0.25) is 0 Å². The van der Waals surface area contributed by atoms with Crippen LogP contribution in [-0.4, -0.2) is 69.7 Å². The number of nitrogens with zero attached hydrogens (tertiary/aromatic N) is 1. The van der Waals surface area contributed by atoms with Gasteiger partial charge < -0.3 is 25.2 Å². The molecule has 14 heavy (non-hydrogen) atoms. The Morgan fingerprint density at radius 1 is 1.43 bits per heavy atom. The molecule has 0 saturated heterocycles. The number of methoxy groups -OCH3 is 1. The summed E-state index contributed by atoms with van der Waals surface area (Å²) in [5, 5.41) is 8.47. The van der Waals surface area contributed by atoms with Crippen molar-refractivity contribution in [2.75, 3.05) is 53.7 Å². The number of nitrogens with two attached hydrogens (primary N) is 1. The van der Waals surface area contributed by atoms with Crippen LogP contribution in [0.4, 0.5) is 0 Å². The zero-order valence-corrected chi connectivity index (χ0v) is 9.11. The fourth-order valence-electron chi connectivity index (χ4n) is 1.15. The molecule has 0 aliphatic heterocycles. The third kappa shape index (κ3) is 8.40. The topological polar surface area (TPSA) is 68.0 Å². The third-order valence-corrected chi connectivity index (χ3v) is 1.78. The Hall–Kier alpha value is -0.200. The Morgan fingerprint density at radius 3 is 2.71 bits per heavy atom. The quantitative estimate of drug-likeness (QED) is 0.469. The highest BCUT2D eigenvalue weighted by Crippen LogP contribution is 1.88. The number of likely N-dealkylation sites (N-methyl/N-ethyl adjacent to an activating group) is 1. The molecular formula is C9H22N2O3. The summed E-state index contributed by atoms with van der Waals surface area (Å²) in [5.41, 5.74) is 5.77. The van der Waals surface area contributed by atoms with Gasteiger partial charge in [-0.1, -0.05) is 0 Å². The number of aliphatic hydroxyl groups is 1. The molecule has 0 saturated carbocycles. The number of rotatable bonds is 9. The normalized spacial score (nSPS) is 13.5. The number of hydrogen-bond acceptors (Lipinski definition) is 5. The van der Waals surface area contributed by atoms with Crippen LogP contribution in [0.2, 0.25) is 0 Å². The second-order valence-corrected chi connectivity index (χ2v) is 3.31. The maximum atomic E-state index is 8.47. The lowest BCUT2D eigenvalue weighted by Crippen LogP contribution is -2.39. The molecule has 0 rings (SSSR count). The van der Waals surface area contributed by atoms with E-state index >= 15 is 0 Å². The number of hydrogen-bond donors (Lipinski definition) is 2. The molecule has 0 aliphatic rings. The summed E-state index contributed by atoms with van der Waals surface area (Å²) in [5.74, 6) is 0. The van der Waals surface area contributed by atoms with Crippen molar-refractivity contribution in [1.29, 1.82) is 0 Å².